The fourth-order valence-electron chi connectivity index (χ4n) is 1.45. The summed E-state index contributed by atoms with van der Waals surface area (Å²) in [5.74, 6) is -2.75. The molecule has 0 bridgehead atoms. The quantitative estimate of drug-likeness (QED) is 0.809. The van der Waals surface area contributed by atoms with Gasteiger partial charge in [0, 0.05) is 12.8 Å². The Balaban J connectivity index is 1.85. The number of Topliss-reactive ketones (excluding diaryl/α,β-unsaturated/α-hetero) is 1. The Labute approximate surface area is 130 Å². The van der Waals surface area contributed by atoms with Gasteiger partial charge in [-0.3, -0.25) is 20.0 Å². The number of amides is 1. The Morgan fingerprint density at radius 2 is 2.05 bits per heavy atom. The number of carbonyl (C=O) groups is 2. The van der Waals surface area contributed by atoms with Crippen LogP contribution >= 0.6 is 22.9 Å². The van der Waals surface area contributed by atoms with Crippen molar-refractivity contribution in [3.8, 4) is 0 Å². The van der Waals surface area contributed by atoms with Crippen molar-refractivity contribution < 1.29 is 22.8 Å². The van der Waals surface area contributed by atoms with Crippen LogP contribution in [0.1, 0.15) is 28.3 Å². The van der Waals surface area contributed by atoms with Crippen LogP contribution in [0.25, 0.3) is 0 Å². The van der Waals surface area contributed by atoms with Gasteiger partial charge in [0.15, 0.2) is 5.78 Å². The number of halogens is 4. The summed E-state index contributed by atoms with van der Waals surface area (Å²) < 4.78 is 37.3. The molecule has 2 N–H and O–H groups in total. The lowest BCUT2D eigenvalue weighted by Crippen LogP contribution is -2.14. The van der Waals surface area contributed by atoms with Crippen LogP contribution in [0.4, 0.5) is 19.1 Å². The summed E-state index contributed by atoms with van der Waals surface area (Å²) in [5, 5.41) is 6.97. The number of nitrogens with one attached hydrogen (secondary N) is 2. The first-order valence-corrected chi connectivity index (χ1v) is 7.03. The van der Waals surface area contributed by atoms with E-state index in [2.05, 4.69) is 15.4 Å². The van der Waals surface area contributed by atoms with Crippen LogP contribution in [0.2, 0.25) is 4.34 Å². The summed E-state index contributed by atoms with van der Waals surface area (Å²) in [7, 11) is 0. The highest BCUT2D eigenvalue weighted by Crippen LogP contribution is 2.26. The fourth-order valence-corrected chi connectivity index (χ4v) is 2.46. The van der Waals surface area contributed by atoms with Gasteiger partial charge in [-0.1, -0.05) is 11.6 Å². The molecule has 22 heavy (non-hydrogen) atoms. The highest BCUT2D eigenvalue weighted by atomic mass is 35.5. The Morgan fingerprint density at radius 3 is 2.59 bits per heavy atom. The van der Waals surface area contributed by atoms with E-state index in [9.17, 15) is 22.8 Å². The van der Waals surface area contributed by atoms with Crippen LogP contribution in [0, 0.1) is 0 Å². The molecule has 0 saturated heterocycles. The van der Waals surface area contributed by atoms with Gasteiger partial charge in [0.1, 0.15) is 0 Å². The van der Waals surface area contributed by atoms with Gasteiger partial charge in [-0.05, 0) is 12.1 Å². The van der Waals surface area contributed by atoms with Gasteiger partial charge in [0.25, 0.3) is 0 Å². The van der Waals surface area contributed by atoms with Gasteiger partial charge in [-0.15, -0.1) is 16.4 Å². The lowest BCUT2D eigenvalue weighted by molar-refractivity contribution is -0.144. The van der Waals surface area contributed by atoms with Gasteiger partial charge in [0.2, 0.25) is 17.7 Å². The number of aromatic nitrogens is 3. The molecule has 0 saturated carbocycles. The zero-order valence-electron chi connectivity index (χ0n) is 10.7. The second-order valence-corrected chi connectivity index (χ2v) is 5.80. The molecule has 2 heterocycles. The second kappa shape index (κ2) is 6.44. The lowest BCUT2D eigenvalue weighted by Gasteiger charge is -2.00. The maximum atomic E-state index is 12.3. The van der Waals surface area contributed by atoms with E-state index in [4.69, 9.17) is 11.6 Å². The topological polar surface area (TPSA) is 87.7 Å². The fraction of sp³-hybridized carbons (Fsp3) is 0.273. The third-order valence-electron chi connectivity index (χ3n) is 2.43. The van der Waals surface area contributed by atoms with Gasteiger partial charge in [-0.2, -0.15) is 18.2 Å². The minimum Gasteiger partial charge on any atom is -0.293 e. The molecular weight excluding hydrogens is 345 g/mol. The molecule has 1 amide bonds. The molecule has 0 spiro atoms. The number of alkyl halides is 3. The molecular formula is C11H8ClF3N4O2S. The summed E-state index contributed by atoms with van der Waals surface area (Å²) in [4.78, 5) is 26.8. The molecule has 2 aromatic heterocycles. The zero-order valence-corrected chi connectivity index (χ0v) is 12.3. The van der Waals surface area contributed by atoms with Crippen molar-refractivity contribution in [3.05, 3.63) is 27.2 Å². The van der Waals surface area contributed by atoms with Crippen molar-refractivity contribution in [2.45, 2.75) is 19.0 Å². The van der Waals surface area contributed by atoms with Crippen molar-refractivity contribution in [2.75, 3.05) is 5.32 Å². The number of hydrogen-bond donors (Lipinski definition) is 2. The summed E-state index contributed by atoms with van der Waals surface area (Å²) in [5.41, 5.74) is 0. The predicted molar refractivity (Wildman–Crippen MR) is 72.9 cm³/mol. The number of aromatic amines is 1. The molecule has 0 fully saturated rings. The van der Waals surface area contributed by atoms with Crippen molar-refractivity contribution in [1.29, 1.82) is 0 Å². The molecule has 0 unspecified atom stereocenters. The maximum absolute atomic E-state index is 12.3. The number of carbonyl (C=O) groups excluding carboxylic acids is 2. The van der Waals surface area contributed by atoms with E-state index in [0.717, 1.165) is 11.3 Å². The molecule has 0 aromatic carbocycles. The van der Waals surface area contributed by atoms with E-state index in [1.165, 1.54) is 6.07 Å². The van der Waals surface area contributed by atoms with Gasteiger partial charge < -0.3 is 0 Å². The highest BCUT2D eigenvalue weighted by molar-refractivity contribution is 7.18. The SMILES string of the molecule is O=C(CCC(=O)c1ccc(Cl)s1)Nc1n[nH]c(C(F)(F)F)n1. The van der Waals surface area contributed by atoms with Crippen LogP contribution in [0.15, 0.2) is 12.1 Å². The first-order valence-electron chi connectivity index (χ1n) is 5.83. The van der Waals surface area contributed by atoms with Crippen LogP contribution < -0.4 is 5.32 Å². The number of ketones is 1. The Hall–Kier alpha value is -1.94. The predicted octanol–water partition coefficient (Wildman–Crippen LogP) is 3.14. The highest BCUT2D eigenvalue weighted by Gasteiger charge is 2.35. The number of rotatable bonds is 5. The van der Waals surface area contributed by atoms with Crippen molar-refractivity contribution in [1.82, 2.24) is 15.2 Å². The zero-order chi connectivity index (χ0) is 16.3. The molecule has 0 aliphatic heterocycles. The van der Waals surface area contributed by atoms with Crippen LogP contribution in [0.3, 0.4) is 0 Å². The van der Waals surface area contributed by atoms with Crippen molar-refractivity contribution in [2.24, 2.45) is 0 Å². The standard InChI is InChI=1S/C11H8ClF3N4O2S/c12-7-3-2-6(22-7)5(20)1-4-8(21)16-10-17-9(18-19-10)11(13,14)15/h2-3H,1,4H2,(H2,16,17,18,19,21). The van der Waals surface area contributed by atoms with Crippen molar-refractivity contribution >= 4 is 40.6 Å². The summed E-state index contributed by atoms with van der Waals surface area (Å²) in [6, 6.07) is 3.10. The monoisotopic (exact) mass is 352 g/mol. The third-order valence-corrected chi connectivity index (χ3v) is 3.70. The molecule has 2 aromatic rings. The largest absolute Gasteiger partial charge is 0.451 e. The van der Waals surface area contributed by atoms with Crippen LogP contribution in [0.5, 0.6) is 0 Å². The minimum absolute atomic E-state index is 0.0980. The van der Waals surface area contributed by atoms with Crippen LogP contribution in [-0.4, -0.2) is 26.9 Å². The first-order chi connectivity index (χ1) is 10.3. The Kier molecular flexibility index (Phi) is 4.81. The molecule has 0 radical (unpaired) electrons. The summed E-state index contributed by atoms with van der Waals surface area (Å²) in [6.45, 7) is 0. The summed E-state index contributed by atoms with van der Waals surface area (Å²) in [6.07, 6.45) is -4.98. The first kappa shape index (κ1) is 16.4. The van der Waals surface area contributed by atoms with Gasteiger partial charge in [0.05, 0.1) is 9.21 Å². The number of thiophene rings is 1. The van der Waals surface area contributed by atoms with Gasteiger partial charge >= 0.3 is 6.18 Å². The average Bonchev–Trinajstić information content (AvgIpc) is 3.04. The van der Waals surface area contributed by atoms with Crippen molar-refractivity contribution in [3.63, 3.8) is 0 Å². The smallest absolute Gasteiger partial charge is 0.293 e. The Morgan fingerprint density at radius 1 is 1.32 bits per heavy atom. The molecule has 118 valence electrons. The number of H-pyrrole nitrogens is 1. The molecule has 6 nitrogen and oxygen atoms in total. The molecule has 0 atom stereocenters. The number of hydrogen-bond acceptors (Lipinski definition) is 5. The lowest BCUT2D eigenvalue weighted by atomic mass is 10.2. The molecule has 11 heteroatoms. The molecule has 2 rings (SSSR count). The van der Waals surface area contributed by atoms with E-state index in [0.29, 0.717) is 9.21 Å². The van der Waals surface area contributed by atoms with E-state index >= 15 is 0 Å². The van der Waals surface area contributed by atoms with E-state index in [1.54, 1.807) is 11.2 Å². The normalized spacial score (nSPS) is 11.5. The number of anilines is 1. The third kappa shape index (κ3) is 4.28. The summed E-state index contributed by atoms with van der Waals surface area (Å²) >= 11 is 6.78. The minimum atomic E-state index is -4.68. The average molecular weight is 353 g/mol. The molecule has 0 aliphatic carbocycles. The van der Waals surface area contributed by atoms with E-state index in [-0.39, 0.29) is 18.6 Å². The maximum Gasteiger partial charge on any atom is 0.451 e. The van der Waals surface area contributed by atoms with Gasteiger partial charge in [-0.25, -0.2) is 0 Å². The van der Waals surface area contributed by atoms with E-state index < -0.39 is 23.9 Å². The number of nitrogens with zero attached hydrogens (tertiary/aromatic N) is 2. The van der Waals surface area contributed by atoms with E-state index in [1.807, 2.05) is 0 Å². The second-order valence-electron chi connectivity index (χ2n) is 4.08. The van der Waals surface area contributed by atoms with Crippen LogP contribution in [-0.2, 0) is 11.0 Å². The Bertz CT molecular complexity index is 698. The molecule has 0 aliphatic rings.